The Morgan fingerprint density at radius 2 is 1.93 bits per heavy atom. The summed E-state index contributed by atoms with van der Waals surface area (Å²) in [6.07, 6.45) is -3.10. The van der Waals surface area contributed by atoms with Crippen LogP contribution in [0.25, 0.3) is 11.0 Å². The molecule has 0 atom stereocenters. The molecule has 1 nitrogen and oxygen atoms in total. The van der Waals surface area contributed by atoms with Crippen LogP contribution in [0.15, 0.2) is 28.9 Å². The first-order valence-electron chi connectivity index (χ1n) is 3.72. The summed E-state index contributed by atoms with van der Waals surface area (Å²) in [4.78, 5) is 0. The summed E-state index contributed by atoms with van der Waals surface area (Å²) in [6.45, 7) is 0. The van der Waals surface area contributed by atoms with Crippen LogP contribution in [-0.2, 0) is 6.18 Å². The SMILES string of the molecule is FC(F)(F)c1cc(Cl)c2ccoc2c1. The number of benzene rings is 1. The van der Waals surface area contributed by atoms with Gasteiger partial charge in [-0.05, 0) is 18.2 Å². The monoisotopic (exact) mass is 220 g/mol. The van der Waals surface area contributed by atoms with Crippen LogP contribution in [0.2, 0.25) is 5.02 Å². The fourth-order valence-corrected chi connectivity index (χ4v) is 1.46. The van der Waals surface area contributed by atoms with Gasteiger partial charge >= 0.3 is 6.18 Å². The Hall–Kier alpha value is -1.16. The molecule has 0 saturated heterocycles. The van der Waals surface area contributed by atoms with E-state index in [1.807, 2.05) is 0 Å². The van der Waals surface area contributed by atoms with Crippen molar-refractivity contribution in [2.75, 3.05) is 0 Å². The molecule has 0 spiro atoms. The van der Waals surface area contributed by atoms with Crippen molar-refractivity contribution in [3.05, 3.63) is 35.0 Å². The van der Waals surface area contributed by atoms with Crippen LogP contribution in [0.5, 0.6) is 0 Å². The van der Waals surface area contributed by atoms with E-state index in [1.54, 1.807) is 0 Å². The third-order valence-corrected chi connectivity index (χ3v) is 2.16. The lowest BCUT2D eigenvalue weighted by molar-refractivity contribution is -0.137. The van der Waals surface area contributed by atoms with Crippen molar-refractivity contribution in [1.29, 1.82) is 0 Å². The van der Waals surface area contributed by atoms with Gasteiger partial charge in [0.25, 0.3) is 0 Å². The number of fused-ring (bicyclic) bond motifs is 1. The first-order valence-corrected chi connectivity index (χ1v) is 4.10. The van der Waals surface area contributed by atoms with Gasteiger partial charge in [-0.3, -0.25) is 0 Å². The lowest BCUT2D eigenvalue weighted by Gasteiger charge is -2.06. The maximum Gasteiger partial charge on any atom is 0.416 e. The highest BCUT2D eigenvalue weighted by atomic mass is 35.5. The zero-order valence-electron chi connectivity index (χ0n) is 6.73. The van der Waals surface area contributed by atoms with Crippen molar-refractivity contribution in [3.8, 4) is 0 Å². The van der Waals surface area contributed by atoms with Crippen LogP contribution in [0.4, 0.5) is 13.2 Å². The summed E-state index contributed by atoms with van der Waals surface area (Å²) in [6, 6.07) is 3.35. The number of alkyl halides is 3. The van der Waals surface area contributed by atoms with Crippen LogP contribution in [-0.4, -0.2) is 0 Å². The molecule has 0 bridgehead atoms. The largest absolute Gasteiger partial charge is 0.464 e. The van der Waals surface area contributed by atoms with Crippen molar-refractivity contribution in [3.63, 3.8) is 0 Å². The molecule has 0 fully saturated rings. The Balaban J connectivity index is 2.70. The highest BCUT2D eigenvalue weighted by molar-refractivity contribution is 6.35. The average molecular weight is 221 g/mol. The molecule has 2 aromatic rings. The highest BCUT2D eigenvalue weighted by Gasteiger charge is 2.31. The summed E-state index contributed by atoms with van der Waals surface area (Å²) in [7, 11) is 0. The Bertz CT molecular complexity index is 472. The standard InChI is InChI=1S/C9H4ClF3O/c10-7-3-5(9(11,12)13)4-8-6(7)1-2-14-8/h1-4H. The van der Waals surface area contributed by atoms with Gasteiger partial charge in [-0.1, -0.05) is 11.6 Å². The number of rotatable bonds is 0. The van der Waals surface area contributed by atoms with E-state index >= 15 is 0 Å². The Morgan fingerprint density at radius 3 is 2.57 bits per heavy atom. The number of hydrogen-bond acceptors (Lipinski definition) is 1. The second-order valence-electron chi connectivity index (χ2n) is 2.79. The normalized spacial score (nSPS) is 12.3. The van der Waals surface area contributed by atoms with E-state index < -0.39 is 11.7 Å². The zero-order chi connectivity index (χ0) is 10.3. The van der Waals surface area contributed by atoms with Gasteiger partial charge in [0.15, 0.2) is 0 Å². The molecule has 0 N–H and O–H groups in total. The summed E-state index contributed by atoms with van der Waals surface area (Å²) >= 11 is 5.65. The summed E-state index contributed by atoms with van der Waals surface area (Å²) in [5, 5.41) is 0.531. The number of halogens is 4. The van der Waals surface area contributed by atoms with Crippen molar-refractivity contribution in [1.82, 2.24) is 0 Å². The lowest BCUT2D eigenvalue weighted by atomic mass is 10.1. The van der Waals surface area contributed by atoms with E-state index in [0.717, 1.165) is 12.1 Å². The fourth-order valence-electron chi connectivity index (χ4n) is 1.19. The van der Waals surface area contributed by atoms with E-state index in [9.17, 15) is 13.2 Å². The lowest BCUT2D eigenvalue weighted by Crippen LogP contribution is -2.04. The average Bonchev–Trinajstić information content (AvgIpc) is 2.50. The van der Waals surface area contributed by atoms with Gasteiger partial charge in [-0.2, -0.15) is 13.2 Å². The molecule has 14 heavy (non-hydrogen) atoms. The van der Waals surface area contributed by atoms with Crippen molar-refractivity contribution in [2.24, 2.45) is 0 Å². The molecule has 1 aromatic carbocycles. The summed E-state index contributed by atoms with van der Waals surface area (Å²) in [5.74, 6) is 0. The summed E-state index contributed by atoms with van der Waals surface area (Å²) in [5.41, 5.74) is -0.658. The van der Waals surface area contributed by atoms with Crippen LogP contribution in [0, 0.1) is 0 Å². The summed E-state index contributed by atoms with van der Waals surface area (Å²) < 4.78 is 41.8. The van der Waals surface area contributed by atoms with Gasteiger partial charge in [-0.25, -0.2) is 0 Å². The van der Waals surface area contributed by atoms with Crippen molar-refractivity contribution < 1.29 is 17.6 Å². The molecule has 0 aliphatic carbocycles. The molecule has 0 saturated carbocycles. The molecule has 1 aromatic heterocycles. The van der Waals surface area contributed by atoms with E-state index in [0.29, 0.717) is 5.39 Å². The van der Waals surface area contributed by atoms with E-state index in [4.69, 9.17) is 16.0 Å². The smallest absolute Gasteiger partial charge is 0.416 e. The van der Waals surface area contributed by atoms with E-state index in [-0.39, 0.29) is 10.6 Å². The Kier molecular flexibility index (Phi) is 1.96. The van der Waals surface area contributed by atoms with Gasteiger partial charge in [0.2, 0.25) is 0 Å². The second-order valence-corrected chi connectivity index (χ2v) is 3.20. The molecule has 0 unspecified atom stereocenters. The van der Waals surface area contributed by atoms with Crippen molar-refractivity contribution in [2.45, 2.75) is 6.18 Å². The minimum atomic E-state index is -4.40. The molecule has 2 rings (SSSR count). The molecule has 0 aliphatic rings. The van der Waals surface area contributed by atoms with Crippen LogP contribution < -0.4 is 0 Å². The molecule has 1 heterocycles. The zero-order valence-corrected chi connectivity index (χ0v) is 7.49. The third kappa shape index (κ3) is 1.46. The van der Waals surface area contributed by atoms with Crippen molar-refractivity contribution >= 4 is 22.6 Å². The minimum absolute atomic E-state index is 0.0450. The molecule has 5 heteroatoms. The van der Waals surface area contributed by atoms with E-state index in [1.165, 1.54) is 12.3 Å². The van der Waals surface area contributed by atoms with Gasteiger partial charge in [0.05, 0.1) is 16.8 Å². The molecule has 0 aliphatic heterocycles. The predicted molar refractivity (Wildman–Crippen MR) is 46.2 cm³/mol. The van der Waals surface area contributed by atoms with Gasteiger partial charge in [0.1, 0.15) is 5.58 Å². The highest BCUT2D eigenvalue weighted by Crippen LogP contribution is 2.35. The second kappa shape index (κ2) is 2.92. The third-order valence-electron chi connectivity index (χ3n) is 1.85. The Morgan fingerprint density at radius 1 is 1.21 bits per heavy atom. The maximum atomic E-state index is 12.3. The quantitative estimate of drug-likeness (QED) is 0.651. The molecule has 74 valence electrons. The topological polar surface area (TPSA) is 13.1 Å². The van der Waals surface area contributed by atoms with Gasteiger partial charge < -0.3 is 4.42 Å². The van der Waals surface area contributed by atoms with Crippen LogP contribution in [0.3, 0.4) is 0 Å². The Labute approximate surface area is 82.1 Å². The minimum Gasteiger partial charge on any atom is -0.464 e. The maximum absolute atomic E-state index is 12.3. The molecular weight excluding hydrogens is 217 g/mol. The fraction of sp³-hybridized carbons (Fsp3) is 0.111. The predicted octanol–water partition coefficient (Wildman–Crippen LogP) is 4.11. The molecule has 0 amide bonds. The molecular formula is C9H4ClF3O. The molecule has 0 radical (unpaired) electrons. The van der Waals surface area contributed by atoms with Gasteiger partial charge in [0, 0.05) is 5.39 Å². The van der Waals surface area contributed by atoms with Gasteiger partial charge in [-0.15, -0.1) is 0 Å². The first kappa shape index (κ1) is 9.40. The number of hydrogen-bond donors (Lipinski definition) is 0. The first-order chi connectivity index (χ1) is 6.48. The van der Waals surface area contributed by atoms with E-state index in [2.05, 4.69) is 0 Å². The van der Waals surface area contributed by atoms with Crippen LogP contribution >= 0.6 is 11.6 Å². The van der Waals surface area contributed by atoms with Crippen LogP contribution in [0.1, 0.15) is 5.56 Å². The number of furan rings is 1.